The maximum atomic E-state index is 10.9. The normalized spacial score (nSPS) is 9.13. The molecular weight excluding hydrogens is 196 g/mol. The lowest BCUT2D eigenvalue weighted by molar-refractivity contribution is -0.108. The number of rotatable bonds is 3. The zero-order valence-corrected chi connectivity index (χ0v) is 8.11. The summed E-state index contributed by atoms with van der Waals surface area (Å²) >= 11 is 0. The second-order valence-corrected chi connectivity index (χ2v) is 2.85. The van der Waals surface area contributed by atoms with Gasteiger partial charge < -0.3 is 5.32 Å². The summed E-state index contributed by atoms with van der Waals surface area (Å²) in [4.78, 5) is 31.8. The molecule has 0 spiro atoms. The second-order valence-electron chi connectivity index (χ2n) is 2.85. The first-order valence-electron chi connectivity index (χ1n) is 4.25. The van der Waals surface area contributed by atoms with Crippen LogP contribution in [0.25, 0.3) is 0 Å². The Bertz CT molecular complexity index is 384. The highest BCUT2D eigenvalue weighted by atomic mass is 16.2. The van der Waals surface area contributed by atoms with Gasteiger partial charge in [0.05, 0.1) is 0 Å². The molecule has 0 fully saturated rings. The van der Waals surface area contributed by atoms with Gasteiger partial charge in [0.15, 0.2) is 5.78 Å². The van der Waals surface area contributed by atoms with Gasteiger partial charge in [-0.1, -0.05) is 0 Å². The van der Waals surface area contributed by atoms with Crippen molar-refractivity contribution >= 4 is 23.9 Å². The third kappa shape index (κ3) is 3.22. The number of carbonyl (C=O) groups excluding carboxylic acids is 3. The first-order valence-corrected chi connectivity index (χ1v) is 4.25. The van der Waals surface area contributed by atoms with Gasteiger partial charge in [-0.05, 0) is 31.2 Å². The predicted molar refractivity (Wildman–Crippen MR) is 54.7 cm³/mol. The molecule has 5 heteroatoms. The average molecular weight is 206 g/mol. The molecule has 0 aliphatic rings. The molecule has 3 amide bonds. The smallest absolute Gasteiger partial charge is 0.308 e. The van der Waals surface area contributed by atoms with Gasteiger partial charge >= 0.3 is 6.03 Å². The van der Waals surface area contributed by atoms with Crippen LogP contribution in [0.5, 0.6) is 0 Å². The van der Waals surface area contributed by atoms with Crippen molar-refractivity contribution in [3.8, 4) is 0 Å². The van der Waals surface area contributed by atoms with Crippen LogP contribution in [-0.2, 0) is 4.79 Å². The lowest BCUT2D eigenvalue weighted by Gasteiger charge is -2.03. The molecule has 0 atom stereocenters. The van der Waals surface area contributed by atoms with Crippen LogP contribution in [0.2, 0.25) is 0 Å². The number of hydrogen-bond donors (Lipinski definition) is 2. The molecule has 0 saturated carbocycles. The zero-order chi connectivity index (χ0) is 11.3. The molecule has 0 radical (unpaired) electrons. The van der Waals surface area contributed by atoms with Crippen molar-refractivity contribution < 1.29 is 14.4 Å². The maximum Gasteiger partial charge on any atom is 0.325 e. The third-order valence-electron chi connectivity index (χ3n) is 1.74. The Hall–Kier alpha value is -2.17. The minimum Gasteiger partial charge on any atom is -0.308 e. The van der Waals surface area contributed by atoms with E-state index in [1.807, 2.05) is 5.32 Å². The van der Waals surface area contributed by atoms with Gasteiger partial charge in [0.25, 0.3) is 0 Å². The summed E-state index contributed by atoms with van der Waals surface area (Å²) in [6, 6.07) is 5.75. The summed E-state index contributed by atoms with van der Waals surface area (Å²) in [5.41, 5.74) is 1.08. The monoisotopic (exact) mass is 206 g/mol. The van der Waals surface area contributed by atoms with E-state index in [-0.39, 0.29) is 5.78 Å². The van der Waals surface area contributed by atoms with Crippen LogP contribution in [0.15, 0.2) is 24.3 Å². The maximum absolute atomic E-state index is 10.9. The quantitative estimate of drug-likeness (QED) is 0.575. The second kappa shape index (κ2) is 4.90. The Morgan fingerprint density at radius 1 is 1.20 bits per heavy atom. The number of hydrogen-bond acceptors (Lipinski definition) is 3. The molecule has 0 aromatic heterocycles. The molecule has 15 heavy (non-hydrogen) atoms. The Labute approximate surface area is 86.5 Å². The Balaban J connectivity index is 2.68. The van der Waals surface area contributed by atoms with Crippen molar-refractivity contribution in [1.82, 2.24) is 5.32 Å². The van der Waals surface area contributed by atoms with Crippen LogP contribution in [0, 0.1) is 0 Å². The number of Topliss-reactive ketones (excluding diaryl/α,β-unsaturated/α-hetero) is 1. The number of nitrogens with one attached hydrogen (secondary N) is 2. The Morgan fingerprint density at radius 2 is 1.80 bits per heavy atom. The van der Waals surface area contributed by atoms with Gasteiger partial charge in [0, 0.05) is 11.3 Å². The van der Waals surface area contributed by atoms with Gasteiger partial charge in [-0.15, -0.1) is 0 Å². The topological polar surface area (TPSA) is 75.3 Å². The van der Waals surface area contributed by atoms with Crippen LogP contribution in [-0.4, -0.2) is 18.2 Å². The molecule has 0 aliphatic heterocycles. The number of urea groups is 1. The summed E-state index contributed by atoms with van der Waals surface area (Å²) in [6.07, 6.45) is 0.291. The molecule has 0 bridgehead atoms. The fraction of sp³-hybridized carbons (Fsp3) is 0.100. The third-order valence-corrected chi connectivity index (χ3v) is 1.74. The van der Waals surface area contributed by atoms with Gasteiger partial charge in [-0.3, -0.25) is 14.9 Å². The molecule has 0 heterocycles. The minimum atomic E-state index is -0.611. The zero-order valence-electron chi connectivity index (χ0n) is 8.11. The van der Waals surface area contributed by atoms with Gasteiger partial charge in [-0.2, -0.15) is 0 Å². The minimum absolute atomic E-state index is 0.0427. The number of amides is 3. The van der Waals surface area contributed by atoms with Crippen molar-refractivity contribution in [2.75, 3.05) is 5.32 Å². The number of anilines is 1. The average Bonchev–Trinajstić information content (AvgIpc) is 2.18. The van der Waals surface area contributed by atoms with Crippen molar-refractivity contribution in [3.05, 3.63) is 29.8 Å². The largest absolute Gasteiger partial charge is 0.325 e. The van der Waals surface area contributed by atoms with Crippen molar-refractivity contribution in [1.29, 1.82) is 0 Å². The molecule has 0 saturated heterocycles. The number of benzene rings is 1. The highest BCUT2D eigenvalue weighted by Crippen LogP contribution is 2.09. The van der Waals surface area contributed by atoms with Crippen LogP contribution < -0.4 is 10.6 Å². The number of imide groups is 1. The van der Waals surface area contributed by atoms with Gasteiger partial charge in [0.2, 0.25) is 6.41 Å². The molecule has 0 unspecified atom stereocenters. The molecule has 1 rings (SSSR count). The number of carbonyl (C=O) groups is 3. The highest BCUT2D eigenvalue weighted by molar-refractivity contribution is 5.97. The summed E-state index contributed by atoms with van der Waals surface area (Å²) in [7, 11) is 0. The molecule has 78 valence electrons. The Kier molecular flexibility index (Phi) is 3.56. The lowest BCUT2D eigenvalue weighted by atomic mass is 10.1. The van der Waals surface area contributed by atoms with E-state index in [1.165, 1.54) is 6.92 Å². The lowest BCUT2D eigenvalue weighted by Crippen LogP contribution is -2.27. The predicted octanol–water partition coefficient (Wildman–Crippen LogP) is 1.17. The fourth-order valence-electron chi connectivity index (χ4n) is 1.01. The van der Waals surface area contributed by atoms with E-state index in [0.717, 1.165) is 0 Å². The van der Waals surface area contributed by atoms with E-state index in [9.17, 15) is 14.4 Å². The van der Waals surface area contributed by atoms with Gasteiger partial charge in [-0.25, -0.2) is 4.79 Å². The Morgan fingerprint density at radius 3 is 2.27 bits per heavy atom. The SMILES string of the molecule is CC(=O)c1ccc(NC(=O)NC=O)cc1. The van der Waals surface area contributed by atoms with E-state index in [2.05, 4.69) is 5.32 Å². The standard InChI is InChI=1S/C10H10N2O3/c1-7(14)8-2-4-9(5-3-8)12-10(15)11-6-13/h2-6H,1H3,(H2,11,12,13,15). The number of ketones is 1. The van der Waals surface area contributed by atoms with Crippen LogP contribution in [0.1, 0.15) is 17.3 Å². The van der Waals surface area contributed by atoms with Crippen molar-refractivity contribution in [2.24, 2.45) is 0 Å². The van der Waals surface area contributed by atoms with Crippen LogP contribution >= 0.6 is 0 Å². The molecule has 1 aromatic carbocycles. The van der Waals surface area contributed by atoms with E-state index >= 15 is 0 Å². The molecule has 0 aliphatic carbocycles. The summed E-state index contributed by atoms with van der Waals surface area (Å²) < 4.78 is 0. The van der Waals surface area contributed by atoms with E-state index in [1.54, 1.807) is 24.3 Å². The van der Waals surface area contributed by atoms with E-state index in [4.69, 9.17) is 0 Å². The molecule has 2 N–H and O–H groups in total. The van der Waals surface area contributed by atoms with Crippen LogP contribution in [0.3, 0.4) is 0 Å². The summed E-state index contributed by atoms with van der Waals surface area (Å²) in [5, 5.41) is 4.35. The molecule has 5 nitrogen and oxygen atoms in total. The van der Waals surface area contributed by atoms with Gasteiger partial charge in [0.1, 0.15) is 0 Å². The van der Waals surface area contributed by atoms with E-state index in [0.29, 0.717) is 17.7 Å². The molecule has 1 aromatic rings. The van der Waals surface area contributed by atoms with Crippen LogP contribution in [0.4, 0.5) is 10.5 Å². The summed E-state index contributed by atoms with van der Waals surface area (Å²) in [6.45, 7) is 1.46. The highest BCUT2D eigenvalue weighted by Gasteiger charge is 2.01. The van der Waals surface area contributed by atoms with Crippen molar-refractivity contribution in [2.45, 2.75) is 6.92 Å². The first kappa shape index (κ1) is 10.9. The summed E-state index contributed by atoms with van der Waals surface area (Å²) in [5.74, 6) is -0.0427. The van der Waals surface area contributed by atoms with E-state index < -0.39 is 6.03 Å². The fourth-order valence-corrected chi connectivity index (χ4v) is 1.01. The molecular formula is C10H10N2O3. The van der Waals surface area contributed by atoms with Crippen molar-refractivity contribution in [3.63, 3.8) is 0 Å². The first-order chi connectivity index (χ1) is 7.13.